The van der Waals surface area contributed by atoms with Crippen LogP contribution in [0.15, 0.2) is 24.3 Å². The number of amides is 1. The van der Waals surface area contributed by atoms with Gasteiger partial charge in [0.25, 0.3) is 5.91 Å². The summed E-state index contributed by atoms with van der Waals surface area (Å²) in [5.74, 6) is -1.44. The van der Waals surface area contributed by atoms with Crippen LogP contribution in [-0.4, -0.2) is 62.2 Å². The summed E-state index contributed by atoms with van der Waals surface area (Å²) < 4.78 is 6.94. The van der Waals surface area contributed by atoms with Crippen LogP contribution < -0.4 is 0 Å². The summed E-state index contributed by atoms with van der Waals surface area (Å²) in [4.78, 5) is 25.6. The van der Waals surface area contributed by atoms with Crippen molar-refractivity contribution in [1.29, 1.82) is 0 Å². The lowest BCUT2D eigenvalue weighted by Gasteiger charge is -2.34. The van der Waals surface area contributed by atoms with Crippen LogP contribution in [0, 0.1) is 0 Å². The maximum atomic E-state index is 12.9. The third-order valence-corrected chi connectivity index (χ3v) is 4.41. The molecule has 1 amide bonds. The van der Waals surface area contributed by atoms with E-state index in [-0.39, 0.29) is 24.2 Å². The molecule has 1 fully saturated rings. The molecule has 26 heavy (non-hydrogen) atoms. The number of aliphatic carboxylic acids is 1. The Kier molecular flexibility index (Phi) is 5.24. The highest BCUT2D eigenvalue weighted by Crippen LogP contribution is 2.20. The zero-order valence-electron chi connectivity index (χ0n) is 14.4. The van der Waals surface area contributed by atoms with Crippen molar-refractivity contribution in [1.82, 2.24) is 19.9 Å². The minimum Gasteiger partial charge on any atom is -0.479 e. The predicted octanol–water partition coefficient (Wildman–Crippen LogP) is 1.80. The Bertz CT molecular complexity index is 838. The number of carbonyl (C=O) groups excluding carboxylic acids is 1. The second-order valence-corrected chi connectivity index (χ2v) is 6.55. The standard InChI is InChI=1S/C17H19ClN4O4/c1-3-13-15(19-20-22(13)12-6-4-5-11(18)7-12)16(23)21-8-10(2)26-14(9-21)17(24)25/h4-7,10,14H,3,8-9H2,1-2H3,(H,24,25)/t10-,14?/m1/s1. The SMILES string of the molecule is CCc1c(C(=O)N2CC(C(=O)O)O[C@H](C)C2)nnn1-c1cccc(Cl)c1. The molecule has 138 valence electrons. The van der Waals surface area contributed by atoms with Crippen LogP contribution in [0.1, 0.15) is 30.0 Å². The second-order valence-electron chi connectivity index (χ2n) is 6.11. The highest BCUT2D eigenvalue weighted by Gasteiger charge is 2.35. The van der Waals surface area contributed by atoms with Crippen molar-refractivity contribution in [2.24, 2.45) is 0 Å². The van der Waals surface area contributed by atoms with E-state index >= 15 is 0 Å². The third kappa shape index (κ3) is 3.56. The minimum atomic E-state index is -1.09. The van der Waals surface area contributed by atoms with Crippen LogP contribution in [0.3, 0.4) is 0 Å². The van der Waals surface area contributed by atoms with E-state index in [1.807, 2.05) is 13.0 Å². The number of rotatable bonds is 4. The fourth-order valence-corrected chi connectivity index (χ4v) is 3.19. The molecule has 1 aliphatic rings. The lowest BCUT2D eigenvalue weighted by molar-refractivity contribution is -0.160. The number of hydrogen-bond acceptors (Lipinski definition) is 5. The number of carboxylic acids is 1. The highest BCUT2D eigenvalue weighted by atomic mass is 35.5. The zero-order valence-corrected chi connectivity index (χ0v) is 15.2. The molecule has 0 bridgehead atoms. The van der Waals surface area contributed by atoms with Crippen LogP contribution in [0.25, 0.3) is 5.69 Å². The van der Waals surface area contributed by atoms with E-state index in [0.717, 1.165) is 0 Å². The van der Waals surface area contributed by atoms with Crippen LogP contribution in [-0.2, 0) is 16.0 Å². The quantitative estimate of drug-likeness (QED) is 0.871. The second kappa shape index (κ2) is 7.43. The van der Waals surface area contributed by atoms with E-state index in [4.69, 9.17) is 16.3 Å². The van der Waals surface area contributed by atoms with Crippen molar-refractivity contribution in [3.05, 3.63) is 40.7 Å². The van der Waals surface area contributed by atoms with E-state index < -0.39 is 12.1 Å². The van der Waals surface area contributed by atoms with Gasteiger partial charge in [0.05, 0.1) is 24.0 Å². The van der Waals surface area contributed by atoms with Crippen LogP contribution in [0.2, 0.25) is 5.02 Å². The Balaban J connectivity index is 1.92. The number of carboxylic acid groups (broad SMARTS) is 1. The van der Waals surface area contributed by atoms with Crippen molar-refractivity contribution in [2.75, 3.05) is 13.1 Å². The maximum absolute atomic E-state index is 12.9. The van der Waals surface area contributed by atoms with Gasteiger partial charge in [-0.3, -0.25) is 4.79 Å². The Morgan fingerprint density at radius 1 is 1.38 bits per heavy atom. The first-order chi connectivity index (χ1) is 12.4. The first-order valence-electron chi connectivity index (χ1n) is 8.28. The fraction of sp³-hybridized carbons (Fsp3) is 0.412. The molecule has 1 unspecified atom stereocenters. The molecule has 1 saturated heterocycles. The number of carbonyl (C=O) groups is 2. The van der Waals surface area contributed by atoms with E-state index in [9.17, 15) is 14.7 Å². The van der Waals surface area contributed by atoms with Gasteiger partial charge >= 0.3 is 5.97 Å². The molecule has 2 heterocycles. The fourth-order valence-electron chi connectivity index (χ4n) is 3.00. The number of morpholine rings is 1. The van der Waals surface area contributed by atoms with Gasteiger partial charge in [0.15, 0.2) is 11.8 Å². The Hall–Kier alpha value is -2.45. The van der Waals surface area contributed by atoms with Gasteiger partial charge in [0.2, 0.25) is 0 Å². The molecule has 0 spiro atoms. The summed E-state index contributed by atoms with van der Waals surface area (Å²) >= 11 is 6.04. The van der Waals surface area contributed by atoms with Crippen LogP contribution in [0.4, 0.5) is 0 Å². The number of ether oxygens (including phenoxy) is 1. The molecule has 8 nitrogen and oxygen atoms in total. The lowest BCUT2D eigenvalue weighted by Crippen LogP contribution is -2.52. The van der Waals surface area contributed by atoms with Crippen molar-refractivity contribution >= 4 is 23.5 Å². The average Bonchev–Trinajstić information content (AvgIpc) is 3.04. The molecule has 1 aromatic carbocycles. The largest absolute Gasteiger partial charge is 0.479 e. The van der Waals surface area contributed by atoms with Gasteiger partial charge in [-0.2, -0.15) is 0 Å². The first kappa shape index (κ1) is 18.3. The Morgan fingerprint density at radius 3 is 2.81 bits per heavy atom. The number of hydrogen-bond donors (Lipinski definition) is 1. The summed E-state index contributed by atoms with van der Waals surface area (Å²) in [6.45, 7) is 3.92. The van der Waals surface area contributed by atoms with E-state index in [1.54, 1.807) is 29.8 Å². The number of halogens is 1. The number of benzene rings is 1. The van der Waals surface area contributed by atoms with Crippen LogP contribution >= 0.6 is 11.6 Å². The minimum absolute atomic E-state index is 0.0221. The van der Waals surface area contributed by atoms with Crippen molar-refractivity contribution < 1.29 is 19.4 Å². The smallest absolute Gasteiger partial charge is 0.334 e. The monoisotopic (exact) mass is 378 g/mol. The molecule has 1 N–H and O–H groups in total. The highest BCUT2D eigenvalue weighted by molar-refractivity contribution is 6.30. The van der Waals surface area contributed by atoms with E-state index in [2.05, 4.69) is 10.3 Å². The van der Waals surface area contributed by atoms with Gasteiger partial charge in [-0.05, 0) is 31.5 Å². The van der Waals surface area contributed by atoms with Gasteiger partial charge in [-0.15, -0.1) is 5.10 Å². The van der Waals surface area contributed by atoms with Gasteiger partial charge < -0.3 is 14.7 Å². The van der Waals surface area contributed by atoms with Crippen molar-refractivity contribution in [2.45, 2.75) is 32.5 Å². The molecule has 2 aromatic rings. The summed E-state index contributed by atoms with van der Waals surface area (Å²) in [5.41, 5.74) is 1.56. The summed E-state index contributed by atoms with van der Waals surface area (Å²) in [7, 11) is 0. The first-order valence-corrected chi connectivity index (χ1v) is 8.66. The Morgan fingerprint density at radius 2 is 2.15 bits per heavy atom. The number of nitrogens with zero attached hydrogens (tertiary/aromatic N) is 4. The van der Waals surface area contributed by atoms with Crippen molar-refractivity contribution in [3.63, 3.8) is 0 Å². The summed E-state index contributed by atoms with van der Waals surface area (Å²) in [6.07, 6.45) is -0.888. The molecule has 9 heteroatoms. The molecule has 1 aromatic heterocycles. The van der Waals surface area contributed by atoms with E-state index in [0.29, 0.717) is 29.4 Å². The summed E-state index contributed by atoms with van der Waals surface area (Å²) in [6, 6.07) is 7.11. The molecule has 0 aliphatic carbocycles. The Labute approximate surface area is 155 Å². The molecule has 0 radical (unpaired) electrons. The predicted molar refractivity (Wildman–Crippen MR) is 93.6 cm³/mol. The van der Waals surface area contributed by atoms with Gasteiger partial charge in [-0.25, -0.2) is 9.48 Å². The average molecular weight is 379 g/mol. The van der Waals surface area contributed by atoms with Gasteiger partial charge in [-0.1, -0.05) is 29.8 Å². The van der Waals surface area contributed by atoms with Gasteiger partial charge in [0.1, 0.15) is 0 Å². The molecule has 0 saturated carbocycles. The molecule has 3 rings (SSSR count). The van der Waals surface area contributed by atoms with Gasteiger partial charge in [0, 0.05) is 11.6 Å². The molecular weight excluding hydrogens is 360 g/mol. The molecule has 2 atom stereocenters. The third-order valence-electron chi connectivity index (χ3n) is 4.18. The summed E-state index contributed by atoms with van der Waals surface area (Å²) in [5, 5.41) is 17.9. The molecular formula is C17H19ClN4O4. The van der Waals surface area contributed by atoms with Crippen molar-refractivity contribution in [3.8, 4) is 5.69 Å². The normalized spacial score (nSPS) is 20.2. The maximum Gasteiger partial charge on any atom is 0.334 e. The zero-order chi connectivity index (χ0) is 18.8. The van der Waals surface area contributed by atoms with Crippen LogP contribution in [0.5, 0.6) is 0 Å². The number of aromatic nitrogens is 3. The molecule has 1 aliphatic heterocycles. The van der Waals surface area contributed by atoms with E-state index in [1.165, 1.54) is 4.90 Å². The topological polar surface area (TPSA) is 97.6 Å². The lowest BCUT2D eigenvalue weighted by atomic mass is 10.1.